The highest BCUT2D eigenvalue weighted by molar-refractivity contribution is 6.05. The molecule has 0 saturated carbocycles. The van der Waals surface area contributed by atoms with Crippen molar-refractivity contribution < 1.29 is 9.18 Å². The molecule has 5 nitrogen and oxygen atoms in total. The Balaban J connectivity index is 2.29. The highest BCUT2D eigenvalue weighted by Gasteiger charge is 2.14. The lowest BCUT2D eigenvalue weighted by atomic mass is 10.1. The van der Waals surface area contributed by atoms with Gasteiger partial charge in [-0.05, 0) is 24.3 Å². The van der Waals surface area contributed by atoms with E-state index in [0.717, 1.165) is 0 Å². The molecule has 0 unspecified atom stereocenters. The van der Waals surface area contributed by atoms with Crippen molar-refractivity contribution >= 4 is 16.8 Å². The van der Waals surface area contributed by atoms with Crippen LogP contribution in [0.2, 0.25) is 0 Å². The Hall–Kier alpha value is -2.76. The van der Waals surface area contributed by atoms with Crippen LogP contribution in [0, 0.1) is 5.82 Å². The van der Waals surface area contributed by atoms with Crippen LogP contribution >= 0.6 is 0 Å². The molecule has 19 heavy (non-hydrogen) atoms. The zero-order valence-corrected chi connectivity index (χ0v) is 9.75. The third kappa shape index (κ3) is 1.83. The predicted octanol–water partition coefficient (Wildman–Crippen LogP) is 1.66. The summed E-state index contributed by atoms with van der Waals surface area (Å²) in [5.41, 5.74) is 6.30. The number of aromatic nitrogens is 3. The minimum atomic E-state index is -0.615. The van der Waals surface area contributed by atoms with Gasteiger partial charge < -0.3 is 5.73 Å². The van der Waals surface area contributed by atoms with Gasteiger partial charge in [0.1, 0.15) is 5.52 Å². The Morgan fingerprint density at radius 2 is 2.16 bits per heavy atom. The Bertz CT molecular complexity index is 767. The third-order valence-electron chi connectivity index (χ3n) is 2.80. The first-order chi connectivity index (χ1) is 9.16. The molecule has 2 aromatic heterocycles. The molecular weight excluding hydrogens is 247 g/mol. The van der Waals surface area contributed by atoms with Crippen LogP contribution in [0.5, 0.6) is 0 Å². The van der Waals surface area contributed by atoms with Crippen molar-refractivity contribution in [1.29, 1.82) is 0 Å². The standard InChI is InChI=1S/C13H9FN4O/c14-11-4-3-9(13(15)19)10-7-18(17-12(10)11)8-2-1-5-16-6-8/h1-7H,(H2,15,19). The summed E-state index contributed by atoms with van der Waals surface area (Å²) in [6.07, 6.45) is 4.78. The second-order valence-corrected chi connectivity index (χ2v) is 4.01. The molecule has 0 fully saturated rings. The molecule has 0 saturated heterocycles. The number of amides is 1. The largest absolute Gasteiger partial charge is 0.366 e. The molecule has 0 aliphatic heterocycles. The lowest BCUT2D eigenvalue weighted by molar-refractivity contribution is 0.100. The van der Waals surface area contributed by atoms with Crippen molar-refractivity contribution in [2.45, 2.75) is 0 Å². The molecule has 0 radical (unpaired) electrons. The third-order valence-corrected chi connectivity index (χ3v) is 2.80. The van der Waals surface area contributed by atoms with Crippen molar-refractivity contribution in [3.05, 3.63) is 54.2 Å². The topological polar surface area (TPSA) is 73.8 Å². The van der Waals surface area contributed by atoms with Gasteiger partial charge in [0.2, 0.25) is 5.91 Å². The fourth-order valence-electron chi connectivity index (χ4n) is 1.91. The van der Waals surface area contributed by atoms with Gasteiger partial charge in [-0.2, -0.15) is 5.10 Å². The van der Waals surface area contributed by atoms with Gasteiger partial charge in [0.15, 0.2) is 5.82 Å². The van der Waals surface area contributed by atoms with Crippen LogP contribution in [0.15, 0.2) is 42.9 Å². The van der Waals surface area contributed by atoms with E-state index in [2.05, 4.69) is 10.1 Å². The molecule has 0 aliphatic carbocycles. The van der Waals surface area contributed by atoms with Gasteiger partial charge in [0.05, 0.1) is 17.4 Å². The van der Waals surface area contributed by atoms with E-state index in [0.29, 0.717) is 11.1 Å². The van der Waals surface area contributed by atoms with Gasteiger partial charge in [-0.15, -0.1) is 0 Å². The first kappa shape index (κ1) is 11.3. The monoisotopic (exact) mass is 256 g/mol. The van der Waals surface area contributed by atoms with E-state index in [-0.39, 0.29) is 11.1 Å². The van der Waals surface area contributed by atoms with Gasteiger partial charge >= 0.3 is 0 Å². The molecule has 1 amide bonds. The van der Waals surface area contributed by atoms with E-state index >= 15 is 0 Å². The smallest absolute Gasteiger partial charge is 0.249 e. The molecule has 94 valence electrons. The number of halogens is 1. The summed E-state index contributed by atoms with van der Waals surface area (Å²) >= 11 is 0. The summed E-state index contributed by atoms with van der Waals surface area (Å²) in [6.45, 7) is 0. The van der Waals surface area contributed by atoms with Crippen LogP contribution < -0.4 is 5.73 Å². The molecule has 3 rings (SSSR count). The fourth-order valence-corrected chi connectivity index (χ4v) is 1.91. The summed E-state index contributed by atoms with van der Waals surface area (Å²) in [5.74, 6) is -1.11. The second kappa shape index (κ2) is 4.16. The number of carbonyl (C=O) groups excluding carboxylic acids is 1. The maximum absolute atomic E-state index is 13.7. The van der Waals surface area contributed by atoms with Crippen LogP contribution in [0.3, 0.4) is 0 Å². The Morgan fingerprint density at radius 3 is 2.84 bits per heavy atom. The van der Waals surface area contributed by atoms with Crippen LogP contribution in [-0.4, -0.2) is 20.7 Å². The molecule has 0 bridgehead atoms. The van der Waals surface area contributed by atoms with Gasteiger partial charge in [-0.25, -0.2) is 9.07 Å². The number of benzene rings is 1. The van der Waals surface area contributed by atoms with Gasteiger partial charge in [0.25, 0.3) is 0 Å². The molecule has 3 aromatic rings. The molecule has 0 spiro atoms. The summed E-state index contributed by atoms with van der Waals surface area (Å²) < 4.78 is 15.2. The predicted molar refractivity (Wildman–Crippen MR) is 67.3 cm³/mol. The van der Waals surface area contributed by atoms with Crippen molar-refractivity contribution in [3.63, 3.8) is 0 Å². The molecule has 6 heteroatoms. The number of primary amides is 1. The summed E-state index contributed by atoms with van der Waals surface area (Å²) in [5, 5.41) is 4.50. The molecule has 0 atom stereocenters. The number of hydrogen-bond donors (Lipinski definition) is 1. The van der Waals surface area contributed by atoms with Crippen LogP contribution in [0.4, 0.5) is 4.39 Å². The average Bonchev–Trinajstić information content (AvgIpc) is 2.85. The first-order valence-corrected chi connectivity index (χ1v) is 5.55. The summed E-state index contributed by atoms with van der Waals surface area (Å²) in [7, 11) is 0. The fraction of sp³-hybridized carbons (Fsp3) is 0. The zero-order valence-electron chi connectivity index (χ0n) is 9.75. The number of rotatable bonds is 2. The summed E-state index contributed by atoms with van der Waals surface area (Å²) in [4.78, 5) is 15.3. The lowest BCUT2D eigenvalue weighted by Crippen LogP contribution is -2.11. The zero-order chi connectivity index (χ0) is 13.4. The highest BCUT2D eigenvalue weighted by atomic mass is 19.1. The lowest BCUT2D eigenvalue weighted by Gasteiger charge is -1.97. The SMILES string of the molecule is NC(=O)c1ccc(F)c2nn(-c3cccnc3)cc12. The van der Waals surface area contributed by atoms with E-state index < -0.39 is 11.7 Å². The number of nitrogens with two attached hydrogens (primary N) is 1. The maximum Gasteiger partial charge on any atom is 0.249 e. The van der Waals surface area contributed by atoms with E-state index in [9.17, 15) is 9.18 Å². The van der Waals surface area contributed by atoms with Gasteiger partial charge in [-0.3, -0.25) is 9.78 Å². The highest BCUT2D eigenvalue weighted by Crippen LogP contribution is 2.22. The van der Waals surface area contributed by atoms with Gasteiger partial charge in [0, 0.05) is 17.8 Å². The first-order valence-electron chi connectivity index (χ1n) is 5.55. The molecule has 0 aliphatic rings. The van der Waals surface area contributed by atoms with E-state index in [1.165, 1.54) is 16.8 Å². The normalized spacial score (nSPS) is 10.8. The van der Waals surface area contributed by atoms with Crippen LogP contribution in [0.1, 0.15) is 10.4 Å². The van der Waals surface area contributed by atoms with E-state index in [1.807, 2.05) is 0 Å². The number of carbonyl (C=O) groups is 1. The number of fused-ring (bicyclic) bond motifs is 1. The quantitative estimate of drug-likeness (QED) is 0.757. The minimum absolute atomic E-state index is 0.111. The Labute approximate surface area is 107 Å². The van der Waals surface area contributed by atoms with Crippen molar-refractivity contribution in [2.75, 3.05) is 0 Å². The molecule has 2 heterocycles. The number of pyridine rings is 1. The van der Waals surface area contributed by atoms with Crippen LogP contribution in [0.25, 0.3) is 16.6 Å². The van der Waals surface area contributed by atoms with E-state index in [4.69, 9.17) is 5.73 Å². The van der Waals surface area contributed by atoms with Crippen LogP contribution in [-0.2, 0) is 0 Å². The number of hydrogen-bond acceptors (Lipinski definition) is 3. The number of nitrogens with zero attached hydrogens (tertiary/aromatic N) is 3. The maximum atomic E-state index is 13.7. The summed E-state index contributed by atoms with van der Waals surface area (Å²) in [6, 6.07) is 6.06. The van der Waals surface area contributed by atoms with Gasteiger partial charge in [-0.1, -0.05) is 0 Å². The molecule has 1 aromatic carbocycles. The second-order valence-electron chi connectivity index (χ2n) is 4.01. The Kier molecular flexibility index (Phi) is 2.49. The van der Waals surface area contributed by atoms with Crippen molar-refractivity contribution in [1.82, 2.24) is 14.8 Å². The average molecular weight is 256 g/mol. The molecular formula is C13H9FN4O. The Morgan fingerprint density at radius 1 is 1.32 bits per heavy atom. The van der Waals surface area contributed by atoms with Crippen molar-refractivity contribution in [2.24, 2.45) is 5.73 Å². The minimum Gasteiger partial charge on any atom is -0.366 e. The van der Waals surface area contributed by atoms with E-state index in [1.54, 1.807) is 30.7 Å². The molecule has 2 N–H and O–H groups in total. The van der Waals surface area contributed by atoms with Crippen molar-refractivity contribution in [3.8, 4) is 5.69 Å².